The van der Waals surface area contributed by atoms with Gasteiger partial charge in [-0.2, -0.15) is 0 Å². The second-order valence-corrected chi connectivity index (χ2v) is 3.29. The molecule has 0 unspecified atom stereocenters. The quantitative estimate of drug-likeness (QED) is 0.461. The fraction of sp³-hybridized carbons (Fsp3) is 0.500. The molecule has 0 bridgehead atoms. The Hall–Kier alpha value is 0.155. The summed E-state index contributed by atoms with van der Waals surface area (Å²) in [4.78, 5) is 24.1. The van der Waals surface area contributed by atoms with Crippen molar-refractivity contribution in [2.45, 2.75) is 12.8 Å². The van der Waals surface area contributed by atoms with Crippen LogP contribution in [0.3, 0.4) is 0 Å². The monoisotopic (exact) mass is 298 g/mol. The van der Waals surface area contributed by atoms with Crippen molar-refractivity contribution in [1.82, 2.24) is 4.90 Å². The van der Waals surface area contributed by atoms with Crippen molar-refractivity contribution in [2.24, 2.45) is 5.73 Å². The normalized spacial score (nSPS) is 15.6. The molecule has 84 valence electrons. The first kappa shape index (κ1) is 14.2. The van der Waals surface area contributed by atoms with Gasteiger partial charge in [0.25, 0.3) is 0 Å². The van der Waals surface area contributed by atoms with E-state index >= 15 is 0 Å². The smallest absolute Gasteiger partial charge is 0.445 e. The maximum atomic E-state index is 11.4. The number of carbonyl (C=O) groups is 2. The van der Waals surface area contributed by atoms with E-state index in [1.807, 2.05) is 5.73 Å². The largest absolute Gasteiger partial charge is 1.00 e. The Balaban J connectivity index is 0.00000256. The molecule has 1 saturated heterocycles. The third kappa shape index (κ3) is 4.99. The Kier molecular flexibility index (Phi) is 7.35. The van der Waals surface area contributed by atoms with Gasteiger partial charge in [-0.1, -0.05) is 12.7 Å². The first-order valence-electron chi connectivity index (χ1n) is 5.28. The Bertz CT molecular complexity index is 281. The summed E-state index contributed by atoms with van der Waals surface area (Å²) >= 11 is 0. The van der Waals surface area contributed by atoms with Crippen LogP contribution in [0.5, 0.6) is 0 Å². The molecule has 5 nitrogen and oxygen atoms in total. The van der Waals surface area contributed by atoms with E-state index in [1.165, 1.54) is 6.08 Å². The van der Waals surface area contributed by atoms with Crippen LogP contribution in [0.2, 0.25) is 1.41 Å². The molecule has 0 aliphatic carbocycles. The van der Waals surface area contributed by atoms with Crippen molar-refractivity contribution >= 4 is 12.0 Å². The summed E-state index contributed by atoms with van der Waals surface area (Å²) in [6.07, 6.45) is 2.11. The van der Waals surface area contributed by atoms with Crippen molar-refractivity contribution < 1.29 is 73.9 Å². The van der Waals surface area contributed by atoms with E-state index in [0.717, 1.165) is 0 Å². The van der Waals surface area contributed by atoms with Crippen LogP contribution in [0.1, 0.15) is 12.8 Å². The predicted molar refractivity (Wildman–Crippen MR) is 54.8 cm³/mol. The Morgan fingerprint density at radius 3 is 2.69 bits per heavy atom. The minimum Gasteiger partial charge on any atom is -0.445 e. The predicted octanol–water partition coefficient (Wildman–Crippen LogP) is -2.53. The van der Waals surface area contributed by atoms with Crippen LogP contribution in [0.4, 0.5) is 4.79 Å². The SMILES string of the molecule is [3H]NC(=O)[C-]1CCN(C(=O)OCC=C)CC1.[Rb+]. The minimum absolute atomic E-state index is 0. The topological polar surface area (TPSA) is 72.6 Å². The summed E-state index contributed by atoms with van der Waals surface area (Å²) in [5, 5.41) is 0. The number of carbonyl (C=O) groups excluding carboxylic acids is 2. The number of amides is 2. The van der Waals surface area contributed by atoms with Gasteiger partial charge in [0.1, 0.15) is 6.61 Å². The number of piperidine rings is 1. The standard InChI is InChI=1S/C10H15N2O3.Rb/c1-2-7-15-10(14)12-5-3-8(4-6-12)9(11)13;/h2H,1,3-7H2,(H2,11,13);/q-1;+1/i/hT. The molecular formula is C10H15N2O3Rb. The van der Waals surface area contributed by atoms with Crippen LogP contribution < -0.4 is 63.9 Å². The van der Waals surface area contributed by atoms with Crippen molar-refractivity contribution in [1.29, 1.82) is 0 Å². The number of ether oxygens (including phenoxy) is 1. The molecule has 0 radical (unpaired) electrons. The third-order valence-electron chi connectivity index (χ3n) is 2.27. The summed E-state index contributed by atoms with van der Waals surface area (Å²) in [6, 6.07) is 0. The number of nitrogens with two attached hydrogens (primary N) is 1. The zero-order valence-electron chi connectivity index (χ0n) is 10.5. The summed E-state index contributed by atoms with van der Waals surface area (Å²) in [7, 11) is 0. The second kappa shape index (κ2) is 8.28. The number of primary amides is 1. The number of hydrogen-bond acceptors (Lipinski definition) is 3. The van der Waals surface area contributed by atoms with Crippen LogP contribution >= 0.6 is 0 Å². The molecule has 6 heteroatoms. The fourth-order valence-electron chi connectivity index (χ4n) is 1.41. The van der Waals surface area contributed by atoms with Crippen LogP contribution in [-0.4, -0.2) is 36.6 Å². The molecule has 2 amide bonds. The Morgan fingerprint density at radius 2 is 2.19 bits per heavy atom. The molecule has 1 rings (SSSR count). The molecule has 2 N–H and O–H groups in total. The zero-order chi connectivity index (χ0) is 12.0. The summed E-state index contributed by atoms with van der Waals surface area (Å²) in [6.45, 7) is 4.56. The van der Waals surface area contributed by atoms with E-state index in [0.29, 0.717) is 31.8 Å². The van der Waals surface area contributed by atoms with Gasteiger partial charge >= 0.3 is 64.3 Å². The number of nitrogens with zero attached hydrogens (tertiary/aromatic N) is 1. The summed E-state index contributed by atoms with van der Waals surface area (Å²) in [5.74, 6) is 0.293. The van der Waals surface area contributed by atoms with Crippen molar-refractivity contribution in [2.75, 3.05) is 19.7 Å². The van der Waals surface area contributed by atoms with E-state index < -0.39 is 0 Å². The van der Waals surface area contributed by atoms with Gasteiger partial charge in [0.05, 0.1) is 5.91 Å². The summed E-state index contributed by atoms with van der Waals surface area (Å²) in [5.41, 5.74) is 1.84. The maximum absolute atomic E-state index is 11.4. The van der Waals surface area contributed by atoms with Gasteiger partial charge in [0, 0.05) is 0 Å². The van der Waals surface area contributed by atoms with Gasteiger partial charge in [-0.3, -0.25) is 5.92 Å². The first-order valence-corrected chi connectivity index (χ1v) is 4.78. The third-order valence-corrected chi connectivity index (χ3v) is 2.27. The molecule has 0 spiro atoms. The molecule has 0 aromatic heterocycles. The minimum atomic E-state index is -0.384. The zero-order valence-corrected chi connectivity index (χ0v) is 14.4. The molecule has 0 aromatic carbocycles. The van der Waals surface area contributed by atoms with E-state index in [1.54, 1.807) is 4.90 Å². The summed E-state index contributed by atoms with van der Waals surface area (Å²) < 4.78 is 11.6. The van der Waals surface area contributed by atoms with E-state index in [2.05, 4.69) is 6.58 Å². The van der Waals surface area contributed by atoms with Crippen LogP contribution in [0, 0.1) is 5.92 Å². The van der Waals surface area contributed by atoms with E-state index in [9.17, 15) is 9.59 Å². The van der Waals surface area contributed by atoms with Crippen LogP contribution in [0.25, 0.3) is 0 Å². The maximum Gasteiger partial charge on any atom is 1.00 e. The van der Waals surface area contributed by atoms with Crippen molar-refractivity contribution in [3.8, 4) is 0 Å². The van der Waals surface area contributed by atoms with Gasteiger partial charge in [-0.25, -0.2) is 4.79 Å². The average Bonchev–Trinajstić information content (AvgIpc) is 2.35. The van der Waals surface area contributed by atoms with Gasteiger partial charge < -0.3 is 20.2 Å². The Labute approximate surface area is 146 Å². The molecule has 1 aliphatic rings. The molecule has 1 aliphatic heterocycles. The van der Waals surface area contributed by atoms with E-state index in [4.69, 9.17) is 6.15 Å². The molecule has 16 heavy (non-hydrogen) atoms. The van der Waals surface area contributed by atoms with Crippen molar-refractivity contribution in [3.63, 3.8) is 0 Å². The molecule has 0 saturated carbocycles. The van der Waals surface area contributed by atoms with Crippen LogP contribution in [-0.2, 0) is 9.53 Å². The number of hydrogen-bond donors (Lipinski definition) is 1. The fourth-order valence-corrected chi connectivity index (χ4v) is 1.41. The van der Waals surface area contributed by atoms with E-state index in [-0.39, 0.29) is 76.8 Å². The molecule has 0 aromatic rings. The molecule has 1 fully saturated rings. The average molecular weight is 299 g/mol. The van der Waals surface area contributed by atoms with Gasteiger partial charge in [0.2, 0.25) is 0 Å². The van der Waals surface area contributed by atoms with Gasteiger partial charge in [-0.05, 0) is 13.1 Å². The van der Waals surface area contributed by atoms with Crippen molar-refractivity contribution in [3.05, 3.63) is 18.6 Å². The second-order valence-electron chi connectivity index (χ2n) is 3.29. The van der Waals surface area contributed by atoms with Crippen LogP contribution in [0.15, 0.2) is 12.7 Å². The molecule has 1 heterocycles. The Morgan fingerprint density at radius 1 is 1.56 bits per heavy atom. The van der Waals surface area contributed by atoms with Gasteiger partial charge in [-0.15, -0.1) is 12.8 Å². The molecular weight excluding hydrogens is 282 g/mol. The number of likely N-dealkylation sites (tertiary alicyclic amines) is 1. The molecule has 0 atom stereocenters. The van der Waals surface area contributed by atoms with Gasteiger partial charge in [0.15, 0.2) is 1.41 Å². The first-order chi connectivity index (χ1) is 7.69. The number of rotatable bonds is 3.